The molecular formula is C12H15N5O2S. The Hall–Kier alpha value is -2.22. The second-order valence-electron chi connectivity index (χ2n) is 4.18. The van der Waals surface area contributed by atoms with Gasteiger partial charge in [-0.25, -0.2) is 4.98 Å². The molecule has 0 spiro atoms. The van der Waals surface area contributed by atoms with E-state index in [2.05, 4.69) is 25.8 Å². The zero-order valence-electron chi connectivity index (χ0n) is 10.9. The molecule has 0 fully saturated rings. The molecule has 0 saturated heterocycles. The minimum Gasteiger partial charge on any atom is -0.351 e. The fraction of sp³-hybridized carbons (Fsp3) is 0.333. The molecule has 0 radical (unpaired) electrons. The molecule has 2 rings (SSSR count). The Morgan fingerprint density at radius 2 is 2.35 bits per heavy atom. The summed E-state index contributed by atoms with van der Waals surface area (Å²) in [6, 6.07) is 1.50. The monoisotopic (exact) mass is 293 g/mol. The van der Waals surface area contributed by atoms with Crippen molar-refractivity contribution in [3.63, 3.8) is 0 Å². The van der Waals surface area contributed by atoms with Crippen LogP contribution in [0.25, 0.3) is 0 Å². The number of rotatable bonds is 6. The summed E-state index contributed by atoms with van der Waals surface area (Å²) in [5.74, 6) is 0.280. The highest BCUT2D eigenvalue weighted by Gasteiger charge is 2.12. The lowest BCUT2D eigenvalue weighted by molar-refractivity contribution is -0.121. The first-order valence-electron chi connectivity index (χ1n) is 6.12. The molecular weight excluding hydrogens is 278 g/mol. The lowest BCUT2D eigenvalue weighted by Crippen LogP contribution is -2.32. The molecule has 0 aliphatic rings. The van der Waals surface area contributed by atoms with Gasteiger partial charge in [-0.1, -0.05) is 0 Å². The van der Waals surface area contributed by atoms with Crippen molar-refractivity contribution in [3.05, 3.63) is 34.5 Å². The number of H-pyrrole nitrogens is 1. The summed E-state index contributed by atoms with van der Waals surface area (Å²) >= 11 is 1.46. The van der Waals surface area contributed by atoms with Crippen molar-refractivity contribution >= 4 is 23.2 Å². The fourth-order valence-corrected chi connectivity index (χ4v) is 2.23. The van der Waals surface area contributed by atoms with Crippen molar-refractivity contribution in [2.75, 3.05) is 6.54 Å². The Balaban J connectivity index is 1.69. The van der Waals surface area contributed by atoms with E-state index in [9.17, 15) is 9.59 Å². The first kappa shape index (κ1) is 14.2. The summed E-state index contributed by atoms with van der Waals surface area (Å²) in [6.07, 6.45) is 1.60. The number of aromatic nitrogens is 3. The molecule has 1 atom stereocenters. The third kappa shape index (κ3) is 3.89. The number of thiophene rings is 1. The maximum Gasteiger partial charge on any atom is 0.252 e. The highest BCUT2D eigenvalue weighted by atomic mass is 32.1. The van der Waals surface area contributed by atoms with Gasteiger partial charge in [-0.2, -0.15) is 16.4 Å². The topological polar surface area (TPSA) is 99.8 Å². The van der Waals surface area contributed by atoms with Crippen LogP contribution in [0.1, 0.15) is 35.6 Å². The molecule has 8 heteroatoms. The van der Waals surface area contributed by atoms with Crippen molar-refractivity contribution in [2.45, 2.75) is 19.4 Å². The molecule has 0 aliphatic heterocycles. The van der Waals surface area contributed by atoms with Crippen molar-refractivity contribution < 1.29 is 9.59 Å². The van der Waals surface area contributed by atoms with Crippen LogP contribution in [0.15, 0.2) is 23.2 Å². The SMILES string of the molecule is CC(NC(=O)CCNC(=O)c1ccsc1)c1ncn[nH]1. The first-order chi connectivity index (χ1) is 9.66. The van der Waals surface area contributed by atoms with E-state index in [1.165, 1.54) is 17.7 Å². The van der Waals surface area contributed by atoms with Gasteiger partial charge in [0.1, 0.15) is 12.2 Å². The van der Waals surface area contributed by atoms with Crippen molar-refractivity contribution in [1.29, 1.82) is 0 Å². The number of hydrogen-bond acceptors (Lipinski definition) is 5. The first-order valence-corrected chi connectivity index (χ1v) is 7.06. The van der Waals surface area contributed by atoms with E-state index in [-0.39, 0.29) is 24.3 Å². The van der Waals surface area contributed by atoms with Gasteiger partial charge in [0, 0.05) is 23.9 Å². The van der Waals surface area contributed by atoms with Crippen LogP contribution in [0, 0.1) is 0 Å². The molecule has 0 aliphatic carbocycles. The zero-order chi connectivity index (χ0) is 14.4. The van der Waals surface area contributed by atoms with Crippen LogP contribution >= 0.6 is 11.3 Å². The summed E-state index contributed by atoms with van der Waals surface area (Å²) in [7, 11) is 0. The third-order valence-electron chi connectivity index (χ3n) is 2.64. The van der Waals surface area contributed by atoms with Crippen LogP contribution < -0.4 is 10.6 Å². The molecule has 0 aromatic carbocycles. The summed E-state index contributed by atoms with van der Waals surface area (Å²) in [4.78, 5) is 27.3. The Kier molecular flexibility index (Phi) is 4.83. The predicted molar refractivity (Wildman–Crippen MR) is 74.2 cm³/mol. The number of nitrogens with zero attached hydrogens (tertiary/aromatic N) is 2. The van der Waals surface area contributed by atoms with E-state index in [1.54, 1.807) is 11.4 Å². The third-order valence-corrected chi connectivity index (χ3v) is 3.33. The summed E-state index contributed by atoms with van der Waals surface area (Å²) in [5.41, 5.74) is 0.616. The minimum absolute atomic E-state index is 0.153. The van der Waals surface area contributed by atoms with Gasteiger partial charge in [-0.3, -0.25) is 14.7 Å². The van der Waals surface area contributed by atoms with Gasteiger partial charge >= 0.3 is 0 Å². The van der Waals surface area contributed by atoms with Gasteiger partial charge in [0.15, 0.2) is 0 Å². The average Bonchev–Trinajstić information content (AvgIpc) is 3.12. The van der Waals surface area contributed by atoms with E-state index in [0.29, 0.717) is 17.9 Å². The second-order valence-corrected chi connectivity index (χ2v) is 4.96. The summed E-state index contributed by atoms with van der Waals surface area (Å²) < 4.78 is 0. The predicted octanol–water partition coefficient (Wildman–Crippen LogP) is 0.863. The van der Waals surface area contributed by atoms with Crippen LogP contribution in [0.5, 0.6) is 0 Å². The molecule has 0 bridgehead atoms. The van der Waals surface area contributed by atoms with Gasteiger partial charge in [0.25, 0.3) is 5.91 Å². The van der Waals surface area contributed by atoms with Crippen LogP contribution in [0.4, 0.5) is 0 Å². The van der Waals surface area contributed by atoms with E-state index in [1.807, 2.05) is 12.3 Å². The Morgan fingerprint density at radius 3 is 3.00 bits per heavy atom. The maximum absolute atomic E-state index is 11.7. The standard InChI is InChI=1S/C12H15N5O2S/c1-8(11-14-7-15-17-11)16-10(18)2-4-13-12(19)9-3-5-20-6-9/h3,5-8H,2,4H2,1H3,(H,13,19)(H,16,18)(H,14,15,17). The molecule has 106 valence electrons. The van der Waals surface area contributed by atoms with E-state index < -0.39 is 0 Å². The number of nitrogens with one attached hydrogen (secondary N) is 3. The lowest BCUT2D eigenvalue weighted by Gasteiger charge is -2.11. The van der Waals surface area contributed by atoms with Crippen molar-refractivity contribution in [3.8, 4) is 0 Å². The molecule has 20 heavy (non-hydrogen) atoms. The number of aromatic amines is 1. The molecule has 2 heterocycles. The molecule has 7 nitrogen and oxygen atoms in total. The highest BCUT2D eigenvalue weighted by molar-refractivity contribution is 7.08. The minimum atomic E-state index is -0.238. The quantitative estimate of drug-likeness (QED) is 0.735. The van der Waals surface area contributed by atoms with Gasteiger partial charge < -0.3 is 10.6 Å². The molecule has 3 N–H and O–H groups in total. The molecule has 0 saturated carbocycles. The number of hydrogen-bond donors (Lipinski definition) is 3. The average molecular weight is 293 g/mol. The number of carbonyl (C=O) groups is 2. The van der Waals surface area contributed by atoms with Gasteiger partial charge in [-0.15, -0.1) is 0 Å². The smallest absolute Gasteiger partial charge is 0.252 e. The number of amides is 2. The van der Waals surface area contributed by atoms with E-state index in [0.717, 1.165) is 0 Å². The molecule has 2 amide bonds. The molecule has 1 unspecified atom stereocenters. The van der Waals surface area contributed by atoms with Crippen LogP contribution in [0.2, 0.25) is 0 Å². The van der Waals surface area contributed by atoms with Gasteiger partial charge in [0.2, 0.25) is 5.91 Å². The maximum atomic E-state index is 11.7. The lowest BCUT2D eigenvalue weighted by atomic mass is 10.3. The second kappa shape index (κ2) is 6.80. The Bertz CT molecular complexity index is 552. The van der Waals surface area contributed by atoms with Gasteiger partial charge in [0.05, 0.1) is 6.04 Å². The van der Waals surface area contributed by atoms with E-state index in [4.69, 9.17) is 0 Å². The zero-order valence-corrected chi connectivity index (χ0v) is 11.7. The largest absolute Gasteiger partial charge is 0.351 e. The normalized spacial score (nSPS) is 11.8. The number of carbonyl (C=O) groups excluding carboxylic acids is 2. The Morgan fingerprint density at radius 1 is 1.50 bits per heavy atom. The summed E-state index contributed by atoms with van der Waals surface area (Å²) in [6.45, 7) is 2.10. The van der Waals surface area contributed by atoms with Crippen LogP contribution in [-0.4, -0.2) is 33.5 Å². The highest BCUT2D eigenvalue weighted by Crippen LogP contribution is 2.06. The molecule has 2 aromatic rings. The van der Waals surface area contributed by atoms with Crippen LogP contribution in [0.3, 0.4) is 0 Å². The van der Waals surface area contributed by atoms with Gasteiger partial charge in [-0.05, 0) is 18.4 Å². The summed E-state index contributed by atoms with van der Waals surface area (Å²) in [5, 5.41) is 15.5. The molecule has 2 aromatic heterocycles. The van der Waals surface area contributed by atoms with Crippen molar-refractivity contribution in [2.24, 2.45) is 0 Å². The Labute approximate surface area is 119 Å². The van der Waals surface area contributed by atoms with Crippen LogP contribution in [-0.2, 0) is 4.79 Å². The fourth-order valence-electron chi connectivity index (χ4n) is 1.59. The van der Waals surface area contributed by atoms with Crippen molar-refractivity contribution in [1.82, 2.24) is 25.8 Å². The van der Waals surface area contributed by atoms with E-state index >= 15 is 0 Å².